The molecule has 3 aromatic rings. The lowest BCUT2D eigenvalue weighted by Crippen LogP contribution is -2.38. The number of rotatable bonds is 4. The van der Waals surface area contributed by atoms with E-state index in [2.05, 4.69) is 22.1 Å². The Bertz CT molecular complexity index is 1220. The SMILES string of the molecule is CC1CCCN(c2nc(=O)n(CC(=O)Nc3ccc4c(c3)OCCO4)c3ccccc23)C1. The topological polar surface area (TPSA) is 85.7 Å². The third kappa shape index (κ3) is 4.00. The predicted octanol–water partition coefficient (Wildman–Crippen LogP) is 3.04. The first kappa shape index (κ1) is 20.4. The second kappa shape index (κ2) is 8.53. The van der Waals surface area contributed by atoms with Gasteiger partial charge in [0.15, 0.2) is 11.5 Å². The van der Waals surface area contributed by atoms with E-state index < -0.39 is 5.69 Å². The van der Waals surface area contributed by atoms with Crippen molar-refractivity contribution in [2.24, 2.45) is 5.92 Å². The number of amides is 1. The lowest BCUT2D eigenvalue weighted by molar-refractivity contribution is -0.116. The molecule has 0 bridgehead atoms. The van der Waals surface area contributed by atoms with Crippen LogP contribution in [0.1, 0.15) is 19.8 Å². The number of nitrogens with one attached hydrogen (secondary N) is 1. The fraction of sp³-hybridized carbons (Fsp3) is 0.375. The van der Waals surface area contributed by atoms with Crippen LogP contribution in [0.4, 0.5) is 11.5 Å². The molecule has 8 nitrogen and oxygen atoms in total. The fourth-order valence-electron chi connectivity index (χ4n) is 4.45. The van der Waals surface area contributed by atoms with Gasteiger partial charge in [-0.3, -0.25) is 9.36 Å². The van der Waals surface area contributed by atoms with Gasteiger partial charge in [-0.25, -0.2) is 4.79 Å². The quantitative estimate of drug-likeness (QED) is 0.679. The van der Waals surface area contributed by atoms with Gasteiger partial charge in [-0.2, -0.15) is 4.98 Å². The molecule has 8 heteroatoms. The van der Waals surface area contributed by atoms with Crippen LogP contribution in [-0.4, -0.2) is 41.8 Å². The van der Waals surface area contributed by atoms with Crippen molar-refractivity contribution < 1.29 is 14.3 Å². The second-order valence-corrected chi connectivity index (χ2v) is 8.42. The largest absolute Gasteiger partial charge is 0.486 e. The van der Waals surface area contributed by atoms with Crippen molar-refractivity contribution in [3.05, 3.63) is 52.9 Å². The summed E-state index contributed by atoms with van der Waals surface area (Å²) >= 11 is 0. The molecule has 0 saturated carbocycles. The molecule has 1 N–H and O–H groups in total. The zero-order valence-corrected chi connectivity index (χ0v) is 18.0. The Morgan fingerprint density at radius 3 is 2.81 bits per heavy atom. The average Bonchev–Trinajstić information content (AvgIpc) is 2.80. The third-order valence-electron chi connectivity index (χ3n) is 5.95. The molecular weight excluding hydrogens is 408 g/mol. The number of fused-ring (bicyclic) bond motifs is 2. The van der Waals surface area contributed by atoms with E-state index in [1.807, 2.05) is 24.3 Å². The molecule has 3 heterocycles. The Morgan fingerprint density at radius 1 is 1.16 bits per heavy atom. The lowest BCUT2D eigenvalue weighted by atomic mass is 10.00. The highest BCUT2D eigenvalue weighted by molar-refractivity contribution is 5.94. The van der Waals surface area contributed by atoms with Crippen LogP contribution in [0.25, 0.3) is 10.9 Å². The standard InChI is InChI=1S/C24H26N4O4/c1-16-5-4-10-27(14-16)23-18-6-2-3-7-19(18)28(24(30)26-23)15-22(29)25-17-8-9-20-21(13-17)32-12-11-31-20/h2-3,6-9,13,16H,4-5,10-12,14-15H2,1H3,(H,25,29). The number of ether oxygens (including phenoxy) is 2. The second-order valence-electron chi connectivity index (χ2n) is 8.42. The average molecular weight is 434 g/mol. The van der Waals surface area contributed by atoms with Crippen LogP contribution in [0.3, 0.4) is 0 Å². The number of para-hydroxylation sites is 1. The van der Waals surface area contributed by atoms with Gasteiger partial charge in [0.05, 0.1) is 5.52 Å². The lowest BCUT2D eigenvalue weighted by Gasteiger charge is -2.32. The van der Waals surface area contributed by atoms with Crippen molar-refractivity contribution in [3.8, 4) is 11.5 Å². The van der Waals surface area contributed by atoms with E-state index in [1.54, 1.807) is 18.2 Å². The van der Waals surface area contributed by atoms with Gasteiger partial charge in [0.25, 0.3) is 0 Å². The highest BCUT2D eigenvalue weighted by Gasteiger charge is 2.22. The molecular formula is C24H26N4O4. The molecule has 5 rings (SSSR count). The first-order valence-electron chi connectivity index (χ1n) is 11.0. The molecule has 1 atom stereocenters. The normalized spacial score (nSPS) is 17.9. The molecule has 166 valence electrons. The highest BCUT2D eigenvalue weighted by Crippen LogP contribution is 2.32. The monoisotopic (exact) mass is 434 g/mol. The first-order chi connectivity index (χ1) is 15.6. The van der Waals surface area contributed by atoms with Gasteiger partial charge < -0.3 is 19.7 Å². The van der Waals surface area contributed by atoms with Crippen molar-refractivity contribution in [1.29, 1.82) is 0 Å². The van der Waals surface area contributed by atoms with Crippen LogP contribution in [0.2, 0.25) is 0 Å². The number of nitrogens with zero attached hydrogens (tertiary/aromatic N) is 3. The van der Waals surface area contributed by atoms with Gasteiger partial charge in [-0.15, -0.1) is 0 Å². The summed E-state index contributed by atoms with van der Waals surface area (Å²) in [6.07, 6.45) is 2.27. The summed E-state index contributed by atoms with van der Waals surface area (Å²) in [4.78, 5) is 32.3. The number of carbonyl (C=O) groups is 1. The molecule has 2 aromatic carbocycles. The summed E-state index contributed by atoms with van der Waals surface area (Å²) in [7, 11) is 0. The van der Waals surface area contributed by atoms with E-state index in [1.165, 1.54) is 11.0 Å². The maximum atomic E-state index is 13.0. The number of piperidine rings is 1. The molecule has 0 radical (unpaired) electrons. The molecule has 0 aliphatic carbocycles. The summed E-state index contributed by atoms with van der Waals surface area (Å²) in [5, 5.41) is 3.73. The fourth-order valence-corrected chi connectivity index (χ4v) is 4.45. The number of anilines is 2. The van der Waals surface area contributed by atoms with Gasteiger partial charge >= 0.3 is 5.69 Å². The van der Waals surface area contributed by atoms with E-state index in [0.29, 0.717) is 47.7 Å². The number of carbonyl (C=O) groups excluding carboxylic acids is 1. The van der Waals surface area contributed by atoms with Gasteiger partial charge in [0, 0.05) is 30.2 Å². The van der Waals surface area contributed by atoms with Crippen molar-refractivity contribution >= 4 is 28.3 Å². The minimum absolute atomic E-state index is 0.128. The Labute approximate surface area is 185 Å². The molecule has 2 aliphatic heterocycles. The maximum absolute atomic E-state index is 13.0. The number of aromatic nitrogens is 2. The molecule has 32 heavy (non-hydrogen) atoms. The van der Waals surface area contributed by atoms with Crippen molar-refractivity contribution in [2.75, 3.05) is 36.5 Å². The van der Waals surface area contributed by atoms with E-state index in [0.717, 1.165) is 24.9 Å². The summed E-state index contributed by atoms with van der Waals surface area (Å²) in [6.45, 7) is 4.84. The van der Waals surface area contributed by atoms with Crippen LogP contribution in [-0.2, 0) is 11.3 Å². The minimum Gasteiger partial charge on any atom is -0.486 e. The zero-order chi connectivity index (χ0) is 22.1. The van der Waals surface area contributed by atoms with Gasteiger partial charge in [-0.1, -0.05) is 19.1 Å². The maximum Gasteiger partial charge on any atom is 0.350 e. The molecule has 1 unspecified atom stereocenters. The molecule has 0 spiro atoms. The zero-order valence-electron chi connectivity index (χ0n) is 18.0. The smallest absolute Gasteiger partial charge is 0.350 e. The summed E-state index contributed by atoms with van der Waals surface area (Å²) in [5.41, 5.74) is 0.871. The molecule has 1 fully saturated rings. The Morgan fingerprint density at radius 2 is 1.97 bits per heavy atom. The summed E-state index contributed by atoms with van der Waals surface area (Å²) in [5.74, 6) is 2.21. The Kier molecular flexibility index (Phi) is 5.43. The Hall–Kier alpha value is -3.55. The third-order valence-corrected chi connectivity index (χ3v) is 5.95. The van der Waals surface area contributed by atoms with Crippen molar-refractivity contribution in [2.45, 2.75) is 26.3 Å². The minimum atomic E-state index is -0.422. The van der Waals surface area contributed by atoms with Crippen molar-refractivity contribution in [1.82, 2.24) is 9.55 Å². The number of benzene rings is 2. The van der Waals surface area contributed by atoms with E-state index in [4.69, 9.17) is 9.47 Å². The summed E-state index contributed by atoms with van der Waals surface area (Å²) < 4.78 is 12.5. The van der Waals surface area contributed by atoms with Crippen LogP contribution in [0, 0.1) is 5.92 Å². The van der Waals surface area contributed by atoms with E-state index in [9.17, 15) is 9.59 Å². The van der Waals surface area contributed by atoms with Gasteiger partial charge in [0.2, 0.25) is 5.91 Å². The van der Waals surface area contributed by atoms with E-state index in [-0.39, 0.29) is 12.5 Å². The van der Waals surface area contributed by atoms with Gasteiger partial charge in [-0.05, 0) is 43.0 Å². The highest BCUT2D eigenvalue weighted by atomic mass is 16.6. The van der Waals surface area contributed by atoms with Crippen molar-refractivity contribution in [3.63, 3.8) is 0 Å². The van der Waals surface area contributed by atoms with Crippen LogP contribution in [0.5, 0.6) is 11.5 Å². The van der Waals surface area contributed by atoms with Gasteiger partial charge in [0.1, 0.15) is 25.6 Å². The van der Waals surface area contributed by atoms with Crippen LogP contribution >= 0.6 is 0 Å². The molecule has 2 aliphatic rings. The predicted molar refractivity (Wildman–Crippen MR) is 123 cm³/mol. The molecule has 1 amide bonds. The van der Waals surface area contributed by atoms with Crippen LogP contribution < -0.4 is 25.4 Å². The van der Waals surface area contributed by atoms with Crippen LogP contribution in [0.15, 0.2) is 47.3 Å². The summed E-state index contributed by atoms with van der Waals surface area (Å²) in [6, 6.07) is 12.9. The molecule has 1 aromatic heterocycles. The van der Waals surface area contributed by atoms with E-state index >= 15 is 0 Å². The Balaban J connectivity index is 1.42. The number of hydrogen-bond donors (Lipinski definition) is 1. The first-order valence-corrected chi connectivity index (χ1v) is 11.0. The molecule has 1 saturated heterocycles. The number of hydrogen-bond acceptors (Lipinski definition) is 6.